The van der Waals surface area contributed by atoms with Crippen LogP contribution in [-0.4, -0.2) is 49.8 Å². The molecule has 0 saturated carbocycles. The Morgan fingerprint density at radius 1 is 1.25 bits per heavy atom. The molecule has 0 radical (unpaired) electrons. The molecule has 3 nitrogen and oxygen atoms in total. The summed E-state index contributed by atoms with van der Waals surface area (Å²) in [6.07, 6.45) is 5.26. The Morgan fingerprint density at radius 3 is 2.60 bits per heavy atom. The summed E-state index contributed by atoms with van der Waals surface area (Å²) in [5.74, 6) is 0. The Labute approximate surface area is 126 Å². The fourth-order valence-corrected chi connectivity index (χ4v) is 2.83. The van der Waals surface area contributed by atoms with Gasteiger partial charge in [-0.2, -0.15) is 0 Å². The second-order valence-corrected chi connectivity index (χ2v) is 7.37. The summed E-state index contributed by atoms with van der Waals surface area (Å²) >= 11 is 0. The Bertz CT molecular complexity index is 248. The molecule has 0 spiro atoms. The molecule has 0 aromatic carbocycles. The van der Waals surface area contributed by atoms with E-state index >= 15 is 0 Å². The minimum absolute atomic E-state index is 0.365. The molecular formula is C17H36N2O. The number of rotatable bonds is 8. The molecule has 1 heterocycles. The van der Waals surface area contributed by atoms with Crippen LogP contribution in [-0.2, 0) is 4.74 Å². The molecule has 1 N–H and O–H groups in total. The van der Waals surface area contributed by atoms with Crippen LogP contribution in [0.2, 0.25) is 0 Å². The smallest absolute Gasteiger partial charge is 0.0855 e. The van der Waals surface area contributed by atoms with Gasteiger partial charge in [0.25, 0.3) is 0 Å². The van der Waals surface area contributed by atoms with E-state index in [1.165, 1.54) is 32.2 Å². The van der Waals surface area contributed by atoms with Crippen molar-refractivity contribution in [1.29, 1.82) is 0 Å². The average molecular weight is 284 g/mol. The summed E-state index contributed by atoms with van der Waals surface area (Å²) in [4.78, 5) is 2.56. The third-order valence-corrected chi connectivity index (χ3v) is 4.03. The topological polar surface area (TPSA) is 24.5 Å². The van der Waals surface area contributed by atoms with Crippen molar-refractivity contribution in [3.8, 4) is 0 Å². The van der Waals surface area contributed by atoms with Crippen molar-refractivity contribution < 1.29 is 4.74 Å². The molecule has 0 bridgehead atoms. The van der Waals surface area contributed by atoms with Gasteiger partial charge in [0, 0.05) is 19.1 Å². The molecule has 120 valence electrons. The van der Waals surface area contributed by atoms with Crippen molar-refractivity contribution in [3.63, 3.8) is 0 Å². The maximum Gasteiger partial charge on any atom is 0.0855 e. The van der Waals surface area contributed by atoms with E-state index in [-0.39, 0.29) is 0 Å². The average Bonchev–Trinajstić information content (AvgIpc) is 2.38. The summed E-state index contributed by atoms with van der Waals surface area (Å²) in [6, 6.07) is 0.508. The van der Waals surface area contributed by atoms with Gasteiger partial charge in [0.2, 0.25) is 0 Å². The first-order valence-corrected chi connectivity index (χ1v) is 8.53. The maximum absolute atomic E-state index is 6.07. The van der Waals surface area contributed by atoms with Gasteiger partial charge in [-0.05, 0) is 44.2 Å². The van der Waals surface area contributed by atoms with Crippen molar-refractivity contribution in [3.05, 3.63) is 0 Å². The van der Waals surface area contributed by atoms with Crippen LogP contribution in [0.4, 0.5) is 0 Å². The number of nitrogens with one attached hydrogen (secondary N) is 1. The minimum Gasteiger partial charge on any atom is -0.374 e. The van der Waals surface area contributed by atoms with E-state index in [1.807, 2.05) is 0 Å². The number of morpholine rings is 1. The maximum atomic E-state index is 6.07. The summed E-state index contributed by atoms with van der Waals surface area (Å²) < 4.78 is 6.07. The molecule has 0 aliphatic carbocycles. The van der Waals surface area contributed by atoms with Gasteiger partial charge in [0.05, 0.1) is 12.7 Å². The fourth-order valence-electron chi connectivity index (χ4n) is 2.83. The van der Waals surface area contributed by atoms with E-state index < -0.39 is 0 Å². The van der Waals surface area contributed by atoms with Gasteiger partial charge < -0.3 is 10.1 Å². The van der Waals surface area contributed by atoms with E-state index in [0.29, 0.717) is 17.6 Å². The van der Waals surface area contributed by atoms with Crippen molar-refractivity contribution >= 4 is 0 Å². The lowest BCUT2D eigenvalue weighted by atomic mass is 9.87. The van der Waals surface area contributed by atoms with Crippen molar-refractivity contribution in [2.24, 2.45) is 5.41 Å². The number of hydrogen-bond donors (Lipinski definition) is 1. The highest BCUT2D eigenvalue weighted by Gasteiger charge is 2.28. The molecule has 20 heavy (non-hydrogen) atoms. The Hall–Kier alpha value is -0.120. The Balaban J connectivity index is 2.52. The number of ether oxygens (including phenoxy) is 1. The number of nitrogens with zero attached hydrogens (tertiary/aromatic N) is 1. The van der Waals surface area contributed by atoms with E-state index in [4.69, 9.17) is 4.74 Å². The van der Waals surface area contributed by atoms with Crippen LogP contribution in [0.15, 0.2) is 0 Å². The van der Waals surface area contributed by atoms with Crippen LogP contribution < -0.4 is 5.32 Å². The van der Waals surface area contributed by atoms with Crippen LogP contribution >= 0.6 is 0 Å². The normalized spacial score (nSPS) is 22.9. The lowest BCUT2D eigenvalue weighted by molar-refractivity contribution is -0.0488. The molecule has 1 rings (SSSR count). The van der Waals surface area contributed by atoms with E-state index in [9.17, 15) is 0 Å². The first-order chi connectivity index (χ1) is 9.46. The van der Waals surface area contributed by atoms with Gasteiger partial charge in [-0.1, -0.05) is 34.6 Å². The van der Waals surface area contributed by atoms with Gasteiger partial charge in [-0.25, -0.2) is 0 Å². The molecule has 1 saturated heterocycles. The van der Waals surface area contributed by atoms with E-state index in [0.717, 1.165) is 26.2 Å². The zero-order valence-corrected chi connectivity index (χ0v) is 14.4. The fraction of sp³-hybridized carbons (Fsp3) is 1.00. The molecule has 0 aromatic heterocycles. The van der Waals surface area contributed by atoms with Crippen molar-refractivity contribution in [2.45, 2.75) is 72.4 Å². The van der Waals surface area contributed by atoms with Crippen LogP contribution in [0.1, 0.15) is 60.3 Å². The van der Waals surface area contributed by atoms with Gasteiger partial charge in [0.15, 0.2) is 0 Å². The summed E-state index contributed by atoms with van der Waals surface area (Å²) in [6.45, 7) is 16.9. The number of hydrogen-bond acceptors (Lipinski definition) is 3. The van der Waals surface area contributed by atoms with Crippen LogP contribution in [0.3, 0.4) is 0 Å². The lowest BCUT2D eigenvalue weighted by Crippen LogP contribution is -2.52. The van der Waals surface area contributed by atoms with E-state index in [2.05, 4.69) is 44.8 Å². The third-order valence-electron chi connectivity index (χ3n) is 4.03. The summed E-state index contributed by atoms with van der Waals surface area (Å²) in [5.41, 5.74) is 0.407. The monoisotopic (exact) mass is 284 g/mol. The van der Waals surface area contributed by atoms with Crippen LogP contribution in [0.25, 0.3) is 0 Å². The minimum atomic E-state index is 0.365. The predicted molar refractivity (Wildman–Crippen MR) is 87.2 cm³/mol. The molecule has 3 heteroatoms. The predicted octanol–water partition coefficient (Wildman–Crippen LogP) is 3.29. The van der Waals surface area contributed by atoms with Gasteiger partial charge in [-0.15, -0.1) is 0 Å². The Morgan fingerprint density at radius 2 is 2.00 bits per heavy atom. The van der Waals surface area contributed by atoms with Gasteiger partial charge in [0.1, 0.15) is 0 Å². The molecule has 0 amide bonds. The highest BCUT2D eigenvalue weighted by Crippen LogP contribution is 2.24. The first-order valence-electron chi connectivity index (χ1n) is 8.53. The highest BCUT2D eigenvalue weighted by atomic mass is 16.5. The van der Waals surface area contributed by atoms with E-state index in [1.54, 1.807) is 0 Å². The molecule has 1 fully saturated rings. The third kappa shape index (κ3) is 7.05. The standard InChI is InChI=1S/C17H36N2O/c1-6-10-18-15(8-9-17(3,4)5)16-14-19(11-7-2)12-13-20-16/h15-16,18H,6-14H2,1-5H3. The largest absolute Gasteiger partial charge is 0.374 e. The zero-order valence-electron chi connectivity index (χ0n) is 14.4. The molecule has 2 unspecified atom stereocenters. The second-order valence-electron chi connectivity index (χ2n) is 7.37. The van der Waals surface area contributed by atoms with Crippen LogP contribution in [0.5, 0.6) is 0 Å². The SMILES string of the molecule is CCCNC(CCC(C)(C)C)C1CN(CCC)CCO1. The molecule has 0 aromatic rings. The lowest BCUT2D eigenvalue weighted by Gasteiger charge is -2.38. The van der Waals surface area contributed by atoms with Crippen molar-refractivity contribution in [1.82, 2.24) is 10.2 Å². The van der Waals surface area contributed by atoms with Crippen molar-refractivity contribution in [2.75, 3.05) is 32.8 Å². The summed E-state index contributed by atoms with van der Waals surface area (Å²) in [5, 5.41) is 3.72. The highest BCUT2D eigenvalue weighted by molar-refractivity contribution is 4.84. The molecule has 2 atom stereocenters. The quantitative estimate of drug-likeness (QED) is 0.740. The molecular weight excluding hydrogens is 248 g/mol. The van der Waals surface area contributed by atoms with Gasteiger partial charge in [-0.3, -0.25) is 4.90 Å². The second kappa shape index (κ2) is 9.01. The molecule has 1 aliphatic heterocycles. The zero-order chi connectivity index (χ0) is 15.0. The van der Waals surface area contributed by atoms with Gasteiger partial charge >= 0.3 is 0 Å². The molecule has 1 aliphatic rings. The first kappa shape index (κ1) is 17.9. The summed E-state index contributed by atoms with van der Waals surface area (Å²) in [7, 11) is 0. The van der Waals surface area contributed by atoms with Crippen LogP contribution in [0, 0.1) is 5.41 Å². The Kier molecular flexibility index (Phi) is 8.08.